The van der Waals surface area contributed by atoms with Gasteiger partial charge < -0.3 is 24.6 Å². The van der Waals surface area contributed by atoms with Gasteiger partial charge in [0.1, 0.15) is 11.6 Å². The smallest absolute Gasteiger partial charge is 0.259 e. The highest BCUT2D eigenvalue weighted by Crippen LogP contribution is 2.49. The second-order valence-corrected chi connectivity index (χ2v) is 13.3. The number of nitrogens with one attached hydrogen (secondary N) is 2. The van der Waals surface area contributed by atoms with Crippen LogP contribution in [0.5, 0.6) is 11.5 Å². The number of nitriles is 1. The highest BCUT2D eigenvalue weighted by molar-refractivity contribution is 6.08. The molecule has 1 atom stereocenters. The number of aromatic nitrogens is 2. The molecule has 50 heavy (non-hydrogen) atoms. The largest absolute Gasteiger partial charge is 0.453 e. The third-order valence-electron chi connectivity index (χ3n) is 9.75. The van der Waals surface area contributed by atoms with E-state index < -0.39 is 17.5 Å². The number of imide groups is 1. The van der Waals surface area contributed by atoms with Gasteiger partial charge in [-0.2, -0.15) is 10.4 Å². The van der Waals surface area contributed by atoms with E-state index in [1.54, 1.807) is 43.1 Å². The second kappa shape index (κ2) is 11.7. The molecular weight excluding hydrogens is 638 g/mol. The minimum atomic E-state index is -1.03. The number of amides is 4. The molecule has 1 unspecified atom stereocenters. The average molecular weight is 670 g/mol. The summed E-state index contributed by atoms with van der Waals surface area (Å²) >= 11 is 0. The van der Waals surface area contributed by atoms with Crippen molar-refractivity contribution in [3.8, 4) is 29.4 Å². The Morgan fingerprint density at radius 1 is 1.08 bits per heavy atom. The van der Waals surface area contributed by atoms with Crippen LogP contribution in [0, 0.1) is 29.1 Å². The van der Waals surface area contributed by atoms with Gasteiger partial charge in [0.05, 0.1) is 40.6 Å². The molecule has 5 heterocycles. The van der Waals surface area contributed by atoms with Crippen molar-refractivity contribution in [3.63, 3.8) is 0 Å². The van der Waals surface area contributed by atoms with Gasteiger partial charge in [-0.25, -0.2) is 0 Å². The van der Waals surface area contributed by atoms with Crippen molar-refractivity contribution < 1.29 is 28.7 Å². The van der Waals surface area contributed by atoms with Gasteiger partial charge in [0.25, 0.3) is 11.8 Å². The van der Waals surface area contributed by atoms with Crippen LogP contribution in [0.4, 0.5) is 11.4 Å². The number of hydrogen-bond acceptors (Lipinski definition) is 9. The van der Waals surface area contributed by atoms with E-state index in [4.69, 9.17) is 9.47 Å². The van der Waals surface area contributed by atoms with Crippen molar-refractivity contribution in [2.75, 3.05) is 30.1 Å². The highest BCUT2D eigenvalue weighted by Gasteiger charge is 2.44. The molecule has 2 N–H and O–H groups in total. The van der Waals surface area contributed by atoms with Crippen LogP contribution < -0.4 is 25.0 Å². The zero-order valence-corrected chi connectivity index (χ0v) is 27.3. The summed E-state index contributed by atoms with van der Waals surface area (Å²) in [5.41, 5.74) is 2.76. The van der Waals surface area contributed by atoms with E-state index in [2.05, 4.69) is 38.5 Å². The van der Waals surface area contributed by atoms with Crippen LogP contribution in [-0.4, -0.2) is 64.2 Å². The van der Waals surface area contributed by atoms with E-state index in [0.29, 0.717) is 47.0 Å². The molecule has 4 aliphatic rings. The van der Waals surface area contributed by atoms with E-state index in [1.807, 2.05) is 30.3 Å². The quantitative estimate of drug-likeness (QED) is 0.240. The molecule has 250 valence electrons. The topological polar surface area (TPSA) is 159 Å². The highest BCUT2D eigenvalue weighted by atomic mass is 16.7. The van der Waals surface area contributed by atoms with Crippen LogP contribution in [0.15, 0.2) is 54.9 Å². The number of hydrogen-bond donors (Lipinski definition) is 2. The number of carbonyl (C=O) groups excluding carboxylic acids is 4. The predicted octanol–water partition coefficient (Wildman–Crippen LogP) is 3.26. The lowest BCUT2D eigenvalue weighted by atomic mass is 9.97. The molecule has 8 rings (SSSR count). The van der Waals surface area contributed by atoms with Crippen molar-refractivity contribution in [2.24, 2.45) is 5.92 Å². The number of piperidine rings is 1. The van der Waals surface area contributed by atoms with Crippen LogP contribution in [0.2, 0.25) is 0 Å². The van der Waals surface area contributed by atoms with E-state index in [-0.39, 0.29) is 49.8 Å². The minimum Gasteiger partial charge on any atom is -0.453 e. The first-order chi connectivity index (χ1) is 24.1. The standard InChI is InChI=1S/C37H31N7O6/c1-37(2,36(48)40-27-10-9-23(14-38)25-5-3-4-6-26(25)27)44-18-21(15-39-44)7-8-22-16-42(17-22)29-13-24-19-43(28-11-12-30(45)41-34(28)46)35(47)31(24)33-32(29)49-20-50-33/h3-6,9-10,13,15,18,22,28H,11-12,16-17,19-20H2,1-2H3,(H,40,48)(H,41,45,46). The third kappa shape index (κ3) is 5.06. The molecule has 0 spiro atoms. The number of fused-ring (bicyclic) bond motifs is 4. The molecule has 4 aromatic rings. The number of rotatable bonds is 5. The van der Waals surface area contributed by atoms with Crippen molar-refractivity contribution in [1.82, 2.24) is 20.0 Å². The lowest BCUT2D eigenvalue weighted by Crippen LogP contribution is -2.52. The molecule has 0 saturated carbocycles. The number of anilines is 2. The number of nitrogens with zero attached hydrogens (tertiary/aromatic N) is 5. The van der Waals surface area contributed by atoms with E-state index >= 15 is 0 Å². The number of ether oxygens (including phenoxy) is 2. The maximum atomic E-state index is 13.5. The summed E-state index contributed by atoms with van der Waals surface area (Å²) in [7, 11) is 0. The lowest BCUT2D eigenvalue weighted by molar-refractivity contribution is -0.137. The molecule has 2 saturated heterocycles. The maximum Gasteiger partial charge on any atom is 0.259 e. The fourth-order valence-corrected chi connectivity index (χ4v) is 6.86. The van der Waals surface area contributed by atoms with Gasteiger partial charge >= 0.3 is 0 Å². The molecule has 4 amide bonds. The molecule has 13 heteroatoms. The molecule has 2 fully saturated rings. The maximum absolute atomic E-state index is 13.5. The summed E-state index contributed by atoms with van der Waals surface area (Å²) in [4.78, 5) is 54.7. The van der Waals surface area contributed by atoms with Gasteiger partial charge in [0.2, 0.25) is 18.6 Å². The van der Waals surface area contributed by atoms with Crippen molar-refractivity contribution >= 4 is 45.8 Å². The summed E-state index contributed by atoms with van der Waals surface area (Å²) in [5.74, 6) is 6.09. The van der Waals surface area contributed by atoms with Gasteiger partial charge in [-0.15, -0.1) is 0 Å². The second-order valence-electron chi connectivity index (χ2n) is 13.3. The van der Waals surface area contributed by atoms with Gasteiger partial charge in [0, 0.05) is 48.7 Å². The Labute approximate surface area is 286 Å². The Bertz CT molecular complexity index is 2250. The van der Waals surface area contributed by atoms with Crippen molar-refractivity contribution in [2.45, 2.75) is 44.8 Å². The summed E-state index contributed by atoms with van der Waals surface area (Å²) in [5, 5.41) is 20.8. The Morgan fingerprint density at radius 2 is 1.86 bits per heavy atom. The van der Waals surface area contributed by atoms with Gasteiger partial charge in [-0.05, 0) is 44.0 Å². The molecular formula is C37H31N7O6. The van der Waals surface area contributed by atoms with Crippen LogP contribution in [-0.2, 0) is 26.5 Å². The summed E-state index contributed by atoms with van der Waals surface area (Å²) in [6.07, 6.45) is 3.85. The lowest BCUT2D eigenvalue weighted by Gasteiger charge is -2.39. The average Bonchev–Trinajstić information content (AvgIpc) is 3.84. The van der Waals surface area contributed by atoms with Crippen LogP contribution in [0.25, 0.3) is 10.8 Å². The molecule has 13 nitrogen and oxygen atoms in total. The van der Waals surface area contributed by atoms with Crippen LogP contribution in [0.1, 0.15) is 53.7 Å². The first-order valence-corrected chi connectivity index (χ1v) is 16.3. The normalized spacial score (nSPS) is 18.3. The van der Waals surface area contributed by atoms with Crippen LogP contribution >= 0.6 is 0 Å². The molecule has 0 aliphatic carbocycles. The SMILES string of the molecule is CC(C)(C(=O)Nc1ccc(C#N)c2ccccc12)n1cc(C#CC2CN(c3cc4c(c5c3OCO5)C(=O)N(C3CCC(=O)NC3=O)C4)C2)cn1. The Morgan fingerprint density at radius 3 is 2.64 bits per heavy atom. The minimum absolute atomic E-state index is 0.00994. The Balaban J connectivity index is 0.940. The van der Waals surface area contributed by atoms with Gasteiger partial charge in [-0.1, -0.05) is 36.1 Å². The molecule has 0 radical (unpaired) electrons. The van der Waals surface area contributed by atoms with Gasteiger partial charge in [0.15, 0.2) is 11.5 Å². The first-order valence-electron chi connectivity index (χ1n) is 16.3. The molecule has 3 aromatic carbocycles. The summed E-state index contributed by atoms with van der Waals surface area (Å²) < 4.78 is 13.2. The Hall–Kier alpha value is -6.34. The van der Waals surface area contributed by atoms with E-state index in [0.717, 1.165) is 22.0 Å². The third-order valence-corrected chi connectivity index (χ3v) is 9.75. The first kappa shape index (κ1) is 31.0. The van der Waals surface area contributed by atoms with Crippen LogP contribution in [0.3, 0.4) is 0 Å². The number of benzene rings is 3. The molecule has 4 aliphatic heterocycles. The van der Waals surface area contributed by atoms with E-state index in [1.165, 1.54) is 4.90 Å². The zero-order chi connectivity index (χ0) is 34.7. The number of carbonyl (C=O) groups is 4. The van der Waals surface area contributed by atoms with E-state index in [9.17, 15) is 24.4 Å². The van der Waals surface area contributed by atoms with Crippen molar-refractivity contribution in [3.05, 3.63) is 77.1 Å². The molecule has 0 bridgehead atoms. The monoisotopic (exact) mass is 669 g/mol. The summed E-state index contributed by atoms with van der Waals surface area (Å²) in [6, 6.07) is 14.3. The molecule has 1 aromatic heterocycles. The summed E-state index contributed by atoms with van der Waals surface area (Å²) in [6.45, 7) is 5.05. The van der Waals surface area contributed by atoms with Crippen molar-refractivity contribution in [1.29, 1.82) is 5.26 Å². The Kier molecular flexibility index (Phi) is 7.22. The zero-order valence-electron chi connectivity index (χ0n) is 27.3. The predicted molar refractivity (Wildman–Crippen MR) is 180 cm³/mol. The van der Waals surface area contributed by atoms with Gasteiger partial charge in [-0.3, -0.25) is 29.2 Å². The fourth-order valence-electron chi connectivity index (χ4n) is 6.86. The fraction of sp³-hybridized carbons (Fsp3) is 0.297.